The van der Waals surface area contributed by atoms with Crippen molar-refractivity contribution in [3.63, 3.8) is 0 Å². The van der Waals surface area contributed by atoms with Crippen molar-refractivity contribution >= 4 is 27.5 Å². The van der Waals surface area contributed by atoms with Crippen molar-refractivity contribution in [2.24, 2.45) is 5.92 Å². The van der Waals surface area contributed by atoms with E-state index in [4.69, 9.17) is 16.3 Å². The number of nitrogens with zero attached hydrogens (tertiary/aromatic N) is 2. The molecule has 27 heavy (non-hydrogen) atoms. The molecule has 0 bridgehead atoms. The number of carbonyl (C=O) groups excluding carboxylic acids is 1. The number of rotatable bonds is 3. The van der Waals surface area contributed by atoms with Crippen LogP contribution < -0.4 is 0 Å². The van der Waals surface area contributed by atoms with Gasteiger partial charge in [-0.1, -0.05) is 18.5 Å². The molecule has 3 unspecified atom stereocenters. The van der Waals surface area contributed by atoms with E-state index in [2.05, 4.69) is 0 Å². The van der Waals surface area contributed by atoms with Crippen molar-refractivity contribution in [3.05, 3.63) is 28.8 Å². The molecule has 0 radical (unpaired) electrons. The average molecular weight is 415 g/mol. The molecule has 1 aromatic carbocycles. The second-order valence-electron chi connectivity index (χ2n) is 7.72. The zero-order valence-corrected chi connectivity index (χ0v) is 17.6. The summed E-state index contributed by atoms with van der Waals surface area (Å²) in [7, 11) is -3.73. The van der Waals surface area contributed by atoms with Gasteiger partial charge in [0.05, 0.1) is 17.2 Å². The molecule has 150 valence electrons. The smallest absolute Gasteiger partial charge is 0.254 e. The highest BCUT2D eigenvalue weighted by Gasteiger charge is 2.32. The summed E-state index contributed by atoms with van der Waals surface area (Å²) >= 11 is 6.22. The van der Waals surface area contributed by atoms with E-state index < -0.39 is 10.0 Å². The molecule has 8 heteroatoms. The predicted octanol–water partition coefficient (Wildman–Crippen LogP) is 3.01. The maximum absolute atomic E-state index is 13.1. The number of sulfonamides is 1. The number of piperidine rings is 1. The Morgan fingerprint density at radius 1 is 1.15 bits per heavy atom. The molecule has 2 aliphatic rings. The topological polar surface area (TPSA) is 66.9 Å². The highest BCUT2D eigenvalue weighted by Crippen LogP contribution is 2.29. The Kier molecular flexibility index (Phi) is 6.15. The fraction of sp³-hybridized carbons (Fsp3) is 0.632. The number of benzene rings is 1. The minimum absolute atomic E-state index is 0.0125. The van der Waals surface area contributed by atoms with E-state index in [-0.39, 0.29) is 28.0 Å². The first-order chi connectivity index (χ1) is 12.7. The normalized spacial score (nSPS) is 27.6. The Bertz CT molecular complexity index is 804. The zero-order chi connectivity index (χ0) is 19.8. The fourth-order valence-electron chi connectivity index (χ4n) is 3.86. The molecule has 1 aromatic rings. The molecule has 1 amide bonds. The predicted molar refractivity (Wildman–Crippen MR) is 105 cm³/mol. The van der Waals surface area contributed by atoms with Crippen molar-refractivity contribution in [3.8, 4) is 0 Å². The van der Waals surface area contributed by atoms with Crippen LogP contribution in [0.1, 0.15) is 44.0 Å². The van der Waals surface area contributed by atoms with Gasteiger partial charge in [0.1, 0.15) is 4.90 Å². The summed E-state index contributed by atoms with van der Waals surface area (Å²) in [6.45, 7) is 7.82. The lowest BCUT2D eigenvalue weighted by Crippen LogP contribution is -2.48. The molecule has 2 saturated heterocycles. The van der Waals surface area contributed by atoms with Gasteiger partial charge in [-0.3, -0.25) is 4.79 Å². The van der Waals surface area contributed by atoms with E-state index in [0.717, 1.165) is 12.8 Å². The van der Waals surface area contributed by atoms with Crippen LogP contribution in [0.5, 0.6) is 0 Å². The van der Waals surface area contributed by atoms with Crippen LogP contribution in [0.15, 0.2) is 23.1 Å². The van der Waals surface area contributed by atoms with Crippen LogP contribution in [0.2, 0.25) is 5.02 Å². The zero-order valence-electron chi connectivity index (χ0n) is 16.0. The van der Waals surface area contributed by atoms with Gasteiger partial charge in [-0.05, 0) is 50.8 Å². The molecule has 3 rings (SSSR count). The summed E-state index contributed by atoms with van der Waals surface area (Å²) in [6, 6.07) is 4.51. The first-order valence-corrected chi connectivity index (χ1v) is 11.2. The number of ether oxygens (including phenoxy) is 1. The lowest BCUT2D eigenvalue weighted by atomic mass is 10.0. The molecule has 2 heterocycles. The molecule has 2 aliphatic heterocycles. The number of morpholine rings is 1. The van der Waals surface area contributed by atoms with Crippen molar-refractivity contribution in [2.45, 2.75) is 50.7 Å². The molecular formula is C19H27ClN2O4S. The Morgan fingerprint density at radius 2 is 1.81 bits per heavy atom. The Hall–Kier alpha value is -1.15. The van der Waals surface area contributed by atoms with Gasteiger partial charge in [0.2, 0.25) is 10.0 Å². The second kappa shape index (κ2) is 8.07. The monoisotopic (exact) mass is 414 g/mol. The van der Waals surface area contributed by atoms with Gasteiger partial charge in [-0.2, -0.15) is 4.31 Å². The summed E-state index contributed by atoms with van der Waals surface area (Å²) < 4.78 is 33.4. The quantitative estimate of drug-likeness (QED) is 0.762. The molecule has 3 atom stereocenters. The van der Waals surface area contributed by atoms with Gasteiger partial charge in [0.25, 0.3) is 5.91 Å². The first kappa shape index (κ1) is 20.6. The molecule has 0 N–H and O–H groups in total. The molecule has 0 aromatic heterocycles. The van der Waals surface area contributed by atoms with E-state index in [0.29, 0.717) is 37.7 Å². The van der Waals surface area contributed by atoms with E-state index in [1.807, 2.05) is 20.8 Å². The minimum Gasteiger partial charge on any atom is -0.372 e. The third-order valence-electron chi connectivity index (χ3n) is 5.12. The summed E-state index contributed by atoms with van der Waals surface area (Å²) in [6.07, 6.45) is 1.75. The summed E-state index contributed by atoms with van der Waals surface area (Å²) in [4.78, 5) is 14.7. The van der Waals surface area contributed by atoms with Crippen molar-refractivity contribution < 1.29 is 17.9 Å². The van der Waals surface area contributed by atoms with Gasteiger partial charge in [-0.25, -0.2) is 8.42 Å². The SMILES string of the molecule is CC1CCCN(S(=O)(=O)c2cc(C(=O)N3CC(C)OC(C)C3)ccc2Cl)C1. The third-order valence-corrected chi connectivity index (χ3v) is 7.47. The molecule has 0 saturated carbocycles. The van der Waals surface area contributed by atoms with Gasteiger partial charge >= 0.3 is 0 Å². The number of halogens is 1. The second-order valence-corrected chi connectivity index (χ2v) is 10.0. The maximum Gasteiger partial charge on any atom is 0.254 e. The Labute approximate surface area is 166 Å². The van der Waals surface area contributed by atoms with E-state index in [9.17, 15) is 13.2 Å². The third kappa shape index (κ3) is 4.47. The van der Waals surface area contributed by atoms with Crippen molar-refractivity contribution in [1.82, 2.24) is 9.21 Å². The lowest BCUT2D eigenvalue weighted by molar-refractivity contribution is -0.0586. The minimum atomic E-state index is -3.73. The molecule has 0 spiro atoms. The van der Waals surface area contributed by atoms with E-state index in [1.165, 1.54) is 16.4 Å². The number of amides is 1. The molecule has 2 fully saturated rings. The van der Waals surface area contributed by atoms with Crippen LogP contribution >= 0.6 is 11.6 Å². The van der Waals surface area contributed by atoms with Crippen LogP contribution in [0.25, 0.3) is 0 Å². The summed E-state index contributed by atoms with van der Waals surface area (Å²) in [5, 5.41) is 0.147. The highest BCUT2D eigenvalue weighted by atomic mass is 35.5. The van der Waals surface area contributed by atoms with Gasteiger partial charge < -0.3 is 9.64 Å². The highest BCUT2D eigenvalue weighted by molar-refractivity contribution is 7.89. The van der Waals surface area contributed by atoms with Crippen LogP contribution in [0.3, 0.4) is 0 Å². The fourth-order valence-corrected chi connectivity index (χ4v) is 5.96. The van der Waals surface area contributed by atoms with Crippen molar-refractivity contribution in [2.75, 3.05) is 26.2 Å². The van der Waals surface area contributed by atoms with Gasteiger partial charge in [0.15, 0.2) is 0 Å². The molecular weight excluding hydrogens is 388 g/mol. The number of carbonyl (C=O) groups is 1. The van der Waals surface area contributed by atoms with Gasteiger partial charge in [0, 0.05) is 31.7 Å². The largest absolute Gasteiger partial charge is 0.372 e. The Morgan fingerprint density at radius 3 is 2.44 bits per heavy atom. The molecule has 6 nitrogen and oxygen atoms in total. The standard InChI is InChI=1S/C19H27ClN2O4S/c1-13-5-4-8-22(10-13)27(24,25)18-9-16(6-7-17(18)20)19(23)21-11-14(2)26-15(3)12-21/h6-7,9,13-15H,4-5,8,10-12H2,1-3H3. The van der Waals surface area contributed by atoms with Gasteiger partial charge in [-0.15, -0.1) is 0 Å². The van der Waals surface area contributed by atoms with Crippen LogP contribution in [-0.2, 0) is 14.8 Å². The molecule has 0 aliphatic carbocycles. The number of hydrogen-bond acceptors (Lipinski definition) is 4. The van der Waals surface area contributed by atoms with Crippen LogP contribution in [0, 0.1) is 5.92 Å². The summed E-state index contributed by atoms with van der Waals surface area (Å²) in [5.41, 5.74) is 0.337. The van der Waals surface area contributed by atoms with Crippen LogP contribution in [0.4, 0.5) is 0 Å². The average Bonchev–Trinajstić information content (AvgIpc) is 2.60. The Balaban J connectivity index is 1.89. The summed E-state index contributed by atoms with van der Waals surface area (Å²) in [5.74, 6) is 0.116. The van der Waals surface area contributed by atoms with Crippen molar-refractivity contribution in [1.29, 1.82) is 0 Å². The first-order valence-electron chi connectivity index (χ1n) is 9.43. The lowest BCUT2D eigenvalue weighted by Gasteiger charge is -2.35. The maximum atomic E-state index is 13.1. The van der Waals surface area contributed by atoms with E-state index in [1.54, 1.807) is 11.0 Å². The van der Waals surface area contributed by atoms with E-state index >= 15 is 0 Å². The van der Waals surface area contributed by atoms with Crippen LogP contribution in [-0.4, -0.2) is 61.9 Å². The number of hydrogen-bond donors (Lipinski definition) is 0.